The number of hydrogen-bond acceptors (Lipinski definition) is 4. The van der Waals surface area contributed by atoms with Crippen LogP contribution in [-0.4, -0.2) is 30.7 Å². The minimum atomic E-state index is -4.81. The number of nitrogens with two attached hydrogens (primary N) is 3. The predicted molar refractivity (Wildman–Crippen MR) is 140 cm³/mol. The molecular weight excluding hydrogens is 517 g/mol. The molecule has 3 aromatic carbocycles. The molecule has 1 aromatic heterocycles. The van der Waals surface area contributed by atoms with E-state index in [9.17, 15) is 21.6 Å². The average molecular weight is 542 g/mol. The first kappa shape index (κ1) is 26.8. The molecule has 0 fully saturated rings. The van der Waals surface area contributed by atoms with Gasteiger partial charge in [-0.15, -0.1) is 0 Å². The van der Waals surface area contributed by atoms with Crippen molar-refractivity contribution in [1.82, 2.24) is 4.57 Å². The third kappa shape index (κ3) is 5.99. The summed E-state index contributed by atoms with van der Waals surface area (Å²) in [4.78, 5) is -0.0166. The fourth-order valence-corrected chi connectivity index (χ4v) is 4.83. The number of amidine groups is 1. The van der Waals surface area contributed by atoms with Crippen molar-refractivity contribution < 1.29 is 26.9 Å². The highest BCUT2D eigenvalue weighted by Crippen LogP contribution is 2.30. The van der Waals surface area contributed by atoms with Crippen LogP contribution in [0.15, 0.2) is 95.7 Å². The molecule has 0 saturated carbocycles. The van der Waals surface area contributed by atoms with Crippen LogP contribution in [0, 0.1) is 10.8 Å². The largest absolute Gasteiger partial charge is 0.432 e. The summed E-state index contributed by atoms with van der Waals surface area (Å²) >= 11 is 0. The van der Waals surface area contributed by atoms with Gasteiger partial charge in [0, 0.05) is 40.4 Å². The van der Waals surface area contributed by atoms with Gasteiger partial charge in [0.25, 0.3) is 0 Å². The minimum absolute atomic E-state index is 0.0133. The summed E-state index contributed by atoms with van der Waals surface area (Å²) in [5, 5.41) is 22.7. The fraction of sp³-hybridized carbons (Fsp3) is 0.0769. The van der Waals surface area contributed by atoms with Crippen LogP contribution in [0.1, 0.15) is 5.56 Å². The molecule has 0 amide bonds. The topological polar surface area (TPSA) is 155 Å². The zero-order valence-electron chi connectivity index (χ0n) is 19.8. The Labute approximate surface area is 216 Å². The number of benzene rings is 3. The Balaban J connectivity index is 1.71. The lowest BCUT2D eigenvalue weighted by Gasteiger charge is -2.12. The average Bonchev–Trinajstić information content (AvgIpc) is 3.25. The maximum atomic E-state index is 13.2. The van der Waals surface area contributed by atoms with E-state index < -0.39 is 21.9 Å². The highest BCUT2D eigenvalue weighted by atomic mass is 32.2. The van der Waals surface area contributed by atoms with Crippen LogP contribution in [0.25, 0.3) is 22.0 Å². The Morgan fingerprint density at radius 2 is 1.74 bits per heavy atom. The van der Waals surface area contributed by atoms with Gasteiger partial charge < -0.3 is 10.3 Å². The molecule has 0 unspecified atom stereocenters. The first-order valence-electron chi connectivity index (χ1n) is 11.2. The summed E-state index contributed by atoms with van der Waals surface area (Å²) in [5.74, 6) is -0.176. The van der Waals surface area contributed by atoms with Gasteiger partial charge in [-0.2, -0.15) is 13.2 Å². The van der Waals surface area contributed by atoms with E-state index in [-0.39, 0.29) is 23.0 Å². The maximum Gasteiger partial charge on any atom is 0.432 e. The van der Waals surface area contributed by atoms with Crippen LogP contribution in [-0.2, 0) is 16.6 Å². The Morgan fingerprint density at radius 1 is 1.00 bits per heavy atom. The van der Waals surface area contributed by atoms with Crippen LogP contribution in [0.3, 0.4) is 0 Å². The van der Waals surface area contributed by atoms with E-state index in [1.165, 1.54) is 11.4 Å². The number of quaternary nitrogens is 1. The molecule has 38 heavy (non-hydrogen) atoms. The Morgan fingerprint density at radius 3 is 2.42 bits per heavy atom. The van der Waals surface area contributed by atoms with E-state index in [2.05, 4.69) is 0 Å². The number of allylic oxidation sites excluding steroid dienone is 2. The number of nitrogens with one attached hydrogen (secondary N) is 2. The van der Waals surface area contributed by atoms with E-state index >= 15 is 0 Å². The fourth-order valence-electron chi connectivity index (χ4n) is 4.07. The molecule has 4 aromatic rings. The molecule has 8 nitrogen and oxygen atoms in total. The van der Waals surface area contributed by atoms with Crippen LogP contribution in [0.2, 0.25) is 0 Å². The molecule has 4 rings (SSSR count). The van der Waals surface area contributed by atoms with Crippen LogP contribution < -0.4 is 16.2 Å². The number of hydrogen-bond donors (Lipinski definition) is 5. The van der Waals surface area contributed by atoms with Crippen molar-refractivity contribution >= 4 is 38.2 Å². The van der Waals surface area contributed by atoms with Gasteiger partial charge in [-0.05, 0) is 35.9 Å². The second-order valence-electron chi connectivity index (χ2n) is 8.57. The number of nitrogen functional groups attached to an aromatic ring is 1. The molecule has 0 aliphatic heterocycles. The summed E-state index contributed by atoms with van der Waals surface area (Å²) < 4.78 is 65.3. The molecule has 0 bridgehead atoms. The highest BCUT2D eigenvalue weighted by molar-refractivity contribution is 7.89. The van der Waals surface area contributed by atoms with Gasteiger partial charge >= 0.3 is 6.18 Å². The van der Waals surface area contributed by atoms with Gasteiger partial charge in [-0.3, -0.25) is 16.1 Å². The summed E-state index contributed by atoms with van der Waals surface area (Å²) in [6.45, 7) is 0.0133. The Bertz CT molecular complexity index is 1690. The van der Waals surface area contributed by atoms with Crippen LogP contribution in [0.5, 0.6) is 0 Å². The minimum Gasteiger partial charge on any atom is -0.384 e. The van der Waals surface area contributed by atoms with Gasteiger partial charge in [0.15, 0.2) is 0 Å². The number of fused-ring (bicyclic) bond motifs is 1. The van der Waals surface area contributed by atoms with Gasteiger partial charge in [0.2, 0.25) is 10.0 Å². The molecular formula is C26H24F3N6O2S+. The second-order valence-corrected chi connectivity index (χ2v) is 10.1. The zero-order chi connectivity index (χ0) is 27.7. The molecule has 8 N–H and O–H groups in total. The molecule has 0 spiro atoms. The first-order chi connectivity index (χ1) is 17.8. The van der Waals surface area contributed by atoms with Crippen molar-refractivity contribution in [2.75, 3.05) is 0 Å². The van der Waals surface area contributed by atoms with Crippen molar-refractivity contribution in [3.8, 4) is 11.1 Å². The van der Waals surface area contributed by atoms with Gasteiger partial charge in [-0.25, -0.2) is 13.6 Å². The monoisotopic (exact) mass is 541 g/mol. The van der Waals surface area contributed by atoms with E-state index in [0.717, 1.165) is 11.5 Å². The number of aromatic nitrogens is 1. The van der Waals surface area contributed by atoms with E-state index in [4.69, 9.17) is 21.7 Å². The van der Waals surface area contributed by atoms with E-state index in [0.29, 0.717) is 27.9 Å². The SMILES string of the molecule is N=C(N)c1cccc([NH2+]/C(=C\C(=N)C(F)(F)F)Cn2ccc3cc(-c4ccccc4S(N)(=O)=O)ccc32)c1. The predicted octanol–water partition coefficient (Wildman–Crippen LogP) is 3.60. The first-order valence-corrected chi connectivity index (χ1v) is 12.7. The lowest BCUT2D eigenvalue weighted by molar-refractivity contribution is -0.521. The number of sulfonamides is 1. The van der Waals surface area contributed by atoms with Gasteiger partial charge in [0.1, 0.15) is 22.9 Å². The van der Waals surface area contributed by atoms with Gasteiger partial charge in [-0.1, -0.05) is 36.4 Å². The van der Waals surface area contributed by atoms with Crippen LogP contribution >= 0.6 is 0 Å². The van der Waals surface area contributed by atoms with Crippen molar-refractivity contribution in [1.29, 1.82) is 10.8 Å². The van der Waals surface area contributed by atoms with Gasteiger partial charge in [0.05, 0.1) is 11.4 Å². The van der Waals surface area contributed by atoms with Crippen molar-refractivity contribution in [2.24, 2.45) is 10.9 Å². The summed E-state index contributed by atoms with van der Waals surface area (Å²) in [5.41, 5.74) is 6.93. The molecule has 0 saturated heterocycles. The molecule has 0 atom stereocenters. The molecule has 12 heteroatoms. The Hall–Kier alpha value is -4.26. The zero-order valence-corrected chi connectivity index (χ0v) is 20.6. The molecule has 0 aliphatic carbocycles. The number of nitrogens with zero attached hydrogens (tertiary/aromatic N) is 1. The van der Waals surface area contributed by atoms with Crippen LogP contribution in [0.4, 0.5) is 18.9 Å². The molecule has 196 valence electrons. The van der Waals surface area contributed by atoms with Crippen molar-refractivity contribution in [3.63, 3.8) is 0 Å². The number of halogens is 3. The molecule has 1 heterocycles. The number of rotatable bonds is 8. The quantitative estimate of drug-likeness (QED) is 0.131. The Kier molecular flexibility index (Phi) is 7.22. The van der Waals surface area contributed by atoms with E-state index in [1.54, 1.807) is 77.5 Å². The van der Waals surface area contributed by atoms with Crippen molar-refractivity contribution in [2.45, 2.75) is 17.6 Å². The summed E-state index contributed by atoms with van der Waals surface area (Å²) in [6, 6.07) is 19.8. The highest BCUT2D eigenvalue weighted by Gasteiger charge is 2.33. The molecule has 0 aliphatic rings. The van der Waals surface area contributed by atoms with Crippen molar-refractivity contribution in [3.05, 3.63) is 96.3 Å². The molecule has 0 radical (unpaired) electrons. The standard InChI is InChI=1S/C26H23F3N6O2S/c27-26(28,29)24(30)14-20(34-19-5-3-4-18(13-19)25(31)32)15-35-11-10-17-12-16(8-9-22(17)35)21-6-1-2-7-23(21)38(33,36)37/h1-14,30,34H,15H2,(H3,31,32)(H2,33,36,37)/p+1/b20-14-,30-24?. The lowest BCUT2D eigenvalue weighted by Crippen LogP contribution is -2.76. The normalized spacial score (nSPS) is 12.6. The second kappa shape index (κ2) is 10.2. The summed E-state index contributed by atoms with van der Waals surface area (Å²) in [7, 11) is -3.96. The lowest BCUT2D eigenvalue weighted by atomic mass is 10.0. The third-order valence-electron chi connectivity index (χ3n) is 5.81. The summed E-state index contributed by atoms with van der Waals surface area (Å²) in [6.07, 6.45) is -2.35. The number of alkyl halides is 3. The third-order valence-corrected chi connectivity index (χ3v) is 6.78. The smallest absolute Gasteiger partial charge is 0.384 e. The number of primary sulfonamides is 1. The van der Waals surface area contributed by atoms with E-state index in [1.807, 2.05) is 0 Å². The maximum absolute atomic E-state index is 13.2.